The third kappa shape index (κ3) is 5.23. The molecule has 0 bridgehead atoms. The minimum absolute atomic E-state index is 0.193. The van der Waals surface area contributed by atoms with Gasteiger partial charge >= 0.3 is 0 Å². The van der Waals surface area contributed by atoms with Gasteiger partial charge in [0.15, 0.2) is 0 Å². The Bertz CT molecular complexity index is 300. The zero-order valence-electron chi connectivity index (χ0n) is 9.52. The minimum Gasteiger partial charge on any atom is -0.392 e. The van der Waals surface area contributed by atoms with E-state index >= 15 is 0 Å². The van der Waals surface area contributed by atoms with Crippen LogP contribution in [-0.4, -0.2) is 28.0 Å². The van der Waals surface area contributed by atoms with Crippen molar-refractivity contribution in [2.45, 2.75) is 30.1 Å². The van der Waals surface area contributed by atoms with Gasteiger partial charge in [-0.15, -0.1) is 11.8 Å². The first-order chi connectivity index (χ1) is 7.59. The third-order valence-corrected chi connectivity index (χ3v) is 4.86. The molecule has 0 heterocycles. The number of thioether (sulfide) groups is 2. The first-order valence-corrected chi connectivity index (χ1v) is 7.31. The van der Waals surface area contributed by atoms with Gasteiger partial charge in [0.05, 0.1) is 6.10 Å². The van der Waals surface area contributed by atoms with Crippen molar-refractivity contribution in [1.82, 2.24) is 0 Å². The molecule has 0 aliphatic rings. The van der Waals surface area contributed by atoms with Gasteiger partial charge in [-0.2, -0.15) is 11.8 Å². The molecular formula is C12H17FOS2. The lowest BCUT2D eigenvalue weighted by Gasteiger charge is -2.13. The van der Waals surface area contributed by atoms with Crippen LogP contribution in [0.25, 0.3) is 0 Å². The molecule has 1 aromatic rings. The van der Waals surface area contributed by atoms with Gasteiger partial charge < -0.3 is 5.11 Å². The molecule has 0 saturated carbocycles. The fraction of sp³-hybridized carbons (Fsp3) is 0.500. The van der Waals surface area contributed by atoms with Gasteiger partial charge in [0.1, 0.15) is 5.82 Å². The molecule has 2 atom stereocenters. The zero-order chi connectivity index (χ0) is 12.0. The molecule has 4 heteroatoms. The summed E-state index contributed by atoms with van der Waals surface area (Å²) in [6.07, 6.45) is -0.263. The van der Waals surface area contributed by atoms with Gasteiger partial charge in [0.25, 0.3) is 0 Å². The summed E-state index contributed by atoms with van der Waals surface area (Å²) in [5, 5.41) is 9.57. The molecule has 1 nitrogen and oxygen atoms in total. The number of benzene rings is 1. The van der Waals surface area contributed by atoms with Crippen molar-refractivity contribution in [3.8, 4) is 0 Å². The number of rotatable bonds is 6. The Morgan fingerprint density at radius 1 is 1.19 bits per heavy atom. The molecule has 0 amide bonds. The van der Waals surface area contributed by atoms with Gasteiger partial charge in [0, 0.05) is 21.7 Å². The minimum atomic E-state index is -0.263. The third-order valence-electron chi connectivity index (χ3n) is 2.23. The van der Waals surface area contributed by atoms with Crippen molar-refractivity contribution < 1.29 is 9.50 Å². The highest BCUT2D eigenvalue weighted by molar-refractivity contribution is 8.03. The fourth-order valence-corrected chi connectivity index (χ4v) is 3.00. The van der Waals surface area contributed by atoms with Gasteiger partial charge in [-0.05, 0) is 31.2 Å². The van der Waals surface area contributed by atoms with Crippen molar-refractivity contribution in [2.75, 3.05) is 11.5 Å². The van der Waals surface area contributed by atoms with Crippen molar-refractivity contribution >= 4 is 23.5 Å². The van der Waals surface area contributed by atoms with Crippen molar-refractivity contribution in [1.29, 1.82) is 0 Å². The van der Waals surface area contributed by atoms with Gasteiger partial charge in [-0.25, -0.2) is 4.39 Å². The Labute approximate surface area is 105 Å². The Morgan fingerprint density at radius 2 is 1.81 bits per heavy atom. The Balaban J connectivity index is 2.18. The number of aliphatic hydroxyl groups excluding tert-OH is 1. The smallest absolute Gasteiger partial charge is 0.123 e. The fourth-order valence-electron chi connectivity index (χ4n) is 1.06. The molecule has 0 fully saturated rings. The summed E-state index contributed by atoms with van der Waals surface area (Å²) in [6.45, 7) is 3.84. The van der Waals surface area contributed by atoms with Crippen LogP contribution in [0.1, 0.15) is 13.8 Å². The second kappa shape index (κ2) is 7.20. The molecule has 90 valence electrons. The highest BCUT2D eigenvalue weighted by atomic mass is 32.2. The zero-order valence-corrected chi connectivity index (χ0v) is 11.2. The number of hydrogen-bond donors (Lipinski definition) is 1. The lowest BCUT2D eigenvalue weighted by Crippen LogP contribution is -2.15. The maximum atomic E-state index is 12.6. The summed E-state index contributed by atoms with van der Waals surface area (Å²) in [4.78, 5) is 1.09. The van der Waals surface area contributed by atoms with E-state index in [1.807, 2.05) is 13.8 Å². The second-order valence-electron chi connectivity index (χ2n) is 3.62. The van der Waals surface area contributed by atoms with Gasteiger partial charge in [-0.3, -0.25) is 0 Å². The van der Waals surface area contributed by atoms with Crippen LogP contribution < -0.4 is 0 Å². The van der Waals surface area contributed by atoms with Crippen LogP contribution in [0, 0.1) is 5.82 Å². The summed E-state index contributed by atoms with van der Waals surface area (Å²) in [7, 11) is 0. The van der Waals surface area contributed by atoms with Crippen LogP contribution in [-0.2, 0) is 0 Å². The van der Waals surface area contributed by atoms with E-state index in [2.05, 4.69) is 0 Å². The molecule has 1 aromatic carbocycles. The lowest BCUT2D eigenvalue weighted by molar-refractivity contribution is 0.196. The van der Waals surface area contributed by atoms with Crippen molar-refractivity contribution in [3.63, 3.8) is 0 Å². The maximum Gasteiger partial charge on any atom is 0.123 e. The van der Waals surface area contributed by atoms with E-state index in [0.717, 1.165) is 16.4 Å². The molecule has 0 aromatic heterocycles. The Hall–Kier alpha value is -0.190. The first kappa shape index (κ1) is 13.9. The van der Waals surface area contributed by atoms with E-state index in [1.54, 1.807) is 35.7 Å². The molecular weight excluding hydrogens is 243 g/mol. The van der Waals surface area contributed by atoms with Crippen LogP contribution in [0.4, 0.5) is 4.39 Å². The molecule has 16 heavy (non-hydrogen) atoms. The van der Waals surface area contributed by atoms with Gasteiger partial charge in [-0.1, -0.05) is 6.92 Å². The van der Waals surface area contributed by atoms with E-state index in [1.165, 1.54) is 12.1 Å². The molecule has 2 unspecified atom stereocenters. The van der Waals surface area contributed by atoms with Crippen LogP contribution in [0.5, 0.6) is 0 Å². The van der Waals surface area contributed by atoms with E-state index in [0.29, 0.717) is 0 Å². The van der Waals surface area contributed by atoms with Crippen molar-refractivity contribution in [3.05, 3.63) is 30.1 Å². The molecule has 0 aliphatic carbocycles. The van der Waals surface area contributed by atoms with Gasteiger partial charge in [0.2, 0.25) is 0 Å². The van der Waals surface area contributed by atoms with Crippen LogP contribution in [0.2, 0.25) is 0 Å². The van der Waals surface area contributed by atoms with E-state index in [4.69, 9.17) is 0 Å². The molecule has 0 radical (unpaired) electrons. The number of halogens is 1. The molecule has 0 spiro atoms. The van der Waals surface area contributed by atoms with Crippen LogP contribution in [0.15, 0.2) is 29.2 Å². The summed E-state index contributed by atoms with van der Waals surface area (Å²) in [5.74, 6) is 1.78. The summed E-state index contributed by atoms with van der Waals surface area (Å²) in [6, 6.07) is 6.55. The lowest BCUT2D eigenvalue weighted by atomic mass is 10.3. The largest absolute Gasteiger partial charge is 0.392 e. The van der Waals surface area contributed by atoms with E-state index in [9.17, 15) is 9.50 Å². The second-order valence-corrected chi connectivity index (χ2v) is 6.27. The molecule has 1 N–H and O–H groups in total. The predicted molar refractivity (Wildman–Crippen MR) is 70.7 cm³/mol. The maximum absolute atomic E-state index is 12.6. The summed E-state index contributed by atoms with van der Waals surface area (Å²) >= 11 is 3.48. The number of aliphatic hydroxyl groups is 1. The van der Waals surface area contributed by atoms with E-state index in [-0.39, 0.29) is 17.2 Å². The first-order valence-electron chi connectivity index (χ1n) is 5.27. The van der Waals surface area contributed by atoms with E-state index < -0.39 is 0 Å². The molecule has 0 saturated heterocycles. The SMILES string of the molecule is CC(O)C(C)SCCSc1ccc(F)cc1. The Morgan fingerprint density at radius 3 is 2.38 bits per heavy atom. The number of hydrogen-bond acceptors (Lipinski definition) is 3. The molecule has 0 aliphatic heterocycles. The van der Waals surface area contributed by atoms with Crippen LogP contribution in [0.3, 0.4) is 0 Å². The predicted octanol–water partition coefficient (Wildman–Crippen LogP) is 3.42. The standard InChI is InChI=1S/C12H17FOS2/c1-9(14)10(2)15-7-8-16-12-5-3-11(13)4-6-12/h3-6,9-10,14H,7-8H2,1-2H3. The highest BCUT2D eigenvalue weighted by Crippen LogP contribution is 2.21. The topological polar surface area (TPSA) is 20.2 Å². The highest BCUT2D eigenvalue weighted by Gasteiger charge is 2.08. The average Bonchev–Trinajstić information content (AvgIpc) is 2.26. The van der Waals surface area contributed by atoms with Crippen LogP contribution >= 0.6 is 23.5 Å². The quantitative estimate of drug-likeness (QED) is 0.625. The summed E-state index contributed by atoms with van der Waals surface area (Å²) in [5.41, 5.74) is 0. The Kier molecular flexibility index (Phi) is 6.24. The summed E-state index contributed by atoms with van der Waals surface area (Å²) < 4.78 is 12.6. The normalized spacial score (nSPS) is 14.8. The average molecular weight is 260 g/mol. The van der Waals surface area contributed by atoms with Crippen molar-refractivity contribution in [2.24, 2.45) is 0 Å². The monoisotopic (exact) mass is 260 g/mol. The molecule has 1 rings (SSSR count).